The van der Waals surface area contributed by atoms with Crippen LogP contribution in [0.15, 0.2) is 18.3 Å². The number of nitrogens with one attached hydrogen (secondary N) is 1. The van der Waals surface area contributed by atoms with Gasteiger partial charge in [0.25, 0.3) is 5.91 Å². The van der Waals surface area contributed by atoms with Crippen molar-refractivity contribution in [2.45, 2.75) is 37.8 Å². The molecule has 1 fully saturated rings. The number of carboxylic acid groups (broad SMARTS) is 2. The van der Waals surface area contributed by atoms with Gasteiger partial charge in [0.05, 0.1) is 6.42 Å². The SMILES string of the molecule is O=C(O)C[C@@H](NC(=O)c1cccn1C1CCC1)C(=O)O. The fraction of sp³-hybridized carbons (Fsp3) is 0.462. The fourth-order valence-corrected chi connectivity index (χ4v) is 2.18. The van der Waals surface area contributed by atoms with E-state index in [9.17, 15) is 14.4 Å². The number of amides is 1. The molecular formula is C13H16N2O5. The van der Waals surface area contributed by atoms with E-state index in [4.69, 9.17) is 10.2 Å². The third kappa shape index (κ3) is 2.98. The number of aromatic nitrogens is 1. The number of carbonyl (C=O) groups excluding carboxylic acids is 1. The largest absolute Gasteiger partial charge is 0.481 e. The van der Waals surface area contributed by atoms with E-state index in [1.807, 2.05) is 4.57 Å². The summed E-state index contributed by atoms with van der Waals surface area (Å²) in [6.45, 7) is 0. The van der Waals surface area contributed by atoms with Crippen LogP contribution in [0.4, 0.5) is 0 Å². The maximum Gasteiger partial charge on any atom is 0.326 e. The Morgan fingerprint density at radius 2 is 2.05 bits per heavy atom. The second kappa shape index (κ2) is 5.77. The first-order valence-electron chi connectivity index (χ1n) is 6.41. The van der Waals surface area contributed by atoms with Crippen molar-refractivity contribution >= 4 is 17.8 Å². The highest BCUT2D eigenvalue weighted by Gasteiger charge is 2.27. The van der Waals surface area contributed by atoms with Crippen LogP contribution in [0, 0.1) is 0 Å². The summed E-state index contributed by atoms with van der Waals surface area (Å²) in [4.78, 5) is 33.6. The first-order chi connectivity index (χ1) is 9.49. The Labute approximate surface area is 115 Å². The van der Waals surface area contributed by atoms with Gasteiger partial charge in [-0.05, 0) is 31.4 Å². The number of aliphatic carboxylic acids is 2. The van der Waals surface area contributed by atoms with Crippen LogP contribution in [0.25, 0.3) is 0 Å². The molecule has 20 heavy (non-hydrogen) atoms. The lowest BCUT2D eigenvalue weighted by molar-refractivity contribution is -0.145. The number of carbonyl (C=O) groups is 3. The van der Waals surface area contributed by atoms with Gasteiger partial charge in [0.1, 0.15) is 11.7 Å². The molecule has 1 aromatic heterocycles. The summed E-state index contributed by atoms with van der Waals surface area (Å²) < 4.78 is 1.82. The van der Waals surface area contributed by atoms with Crippen LogP contribution in [0.2, 0.25) is 0 Å². The van der Waals surface area contributed by atoms with Crippen molar-refractivity contribution in [3.8, 4) is 0 Å². The average molecular weight is 280 g/mol. The Bertz CT molecular complexity index is 533. The lowest BCUT2D eigenvalue weighted by atomic mass is 9.93. The standard InChI is InChI=1S/C13H16N2O5/c16-11(17)7-9(13(19)20)14-12(18)10-5-2-6-15(10)8-3-1-4-8/h2,5-6,8-9H,1,3-4,7H2,(H,14,18)(H,16,17)(H,19,20)/t9-/m1/s1. The predicted molar refractivity (Wildman–Crippen MR) is 68.5 cm³/mol. The zero-order chi connectivity index (χ0) is 14.7. The molecule has 0 aromatic carbocycles. The molecule has 0 unspecified atom stereocenters. The second-order valence-corrected chi connectivity index (χ2v) is 4.85. The molecule has 1 aliphatic rings. The molecule has 7 heteroatoms. The molecule has 1 heterocycles. The van der Waals surface area contributed by atoms with Crippen LogP contribution in [0.3, 0.4) is 0 Å². The van der Waals surface area contributed by atoms with Crippen molar-refractivity contribution in [1.82, 2.24) is 9.88 Å². The van der Waals surface area contributed by atoms with Gasteiger partial charge < -0.3 is 20.1 Å². The minimum atomic E-state index is -1.43. The van der Waals surface area contributed by atoms with E-state index < -0.39 is 30.3 Å². The van der Waals surface area contributed by atoms with Gasteiger partial charge >= 0.3 is 11.9 Å². The van der Waals surface area contributed by atoms with Gasteiger partial charge in [-0.15, -0.1) is 0 Å². The van der Waals surface area contributed by atoms with Gasteiger partial charge in [-0.3, -0.25) is 9.59 Å². The maximum absolute atomic E-state index is 12.1. The van der Waals surface area contributed by atoms with Crippen LogP contribution in [0.5, 0.6) is 0 Å². The van der Waals surface area contributed by atoms with Crippen molar-refractivity contribution < 1.29 is 24.6 Å². The monoisotopic (exact) mass is 280 g/mol. The van der Waals surface area contributed by atoms with Gasteiger partial charge in [-0.25, -0.2) is 4.79 Å². The van der Waals surface area contributed by atoms with Gasteiger partial charge in [0.2, 0.25) is 0 Å². The predicted octanol–water partition coefficient (Wildman–Crippen LogP) is 0.871. The van der Waals surface area contributed by atoms with E-state index in [0.717, 1.165) is 19.3 Å². The number of nitrogens with zero attached hydrogens (tertiary/aromatic N) is 1. The minimum Gasteiger partial charge on any atom is -0.481 e. The van der Waals surface area contributed by atoms with E-state index in [1.165, 1.54) is 0 Å². The van der Waals surface area contributed by atoms with E-state index in [1.54, 1.807) is 18.3 Å². The fourth-order valence-electron chi connectivity index (χ4n) is 2.18. The van der Waals surface area contributed by atoms with Crippen molar-refractivity contribution in [2.75, 3.05) is 0 Å². The van der Waals surface area contributed by atoms with Crippen molar-refractivity contribution in [3.05, 3.63) is 24.0 Å². The highest BCUT2D eigenvalue weighted by molar-refractivity contribution is 5.96. The van der Waals surface area contributed by atoms with Crippen LogP contribution in [0.1, 0.15) is 42.2 Å². The molecule has 0 bridgehead atoms. The highest BCUT2D eigenvalue weighted by Crippen LogP contribution is 2.32. The summed E-state index contributed by atoms with van der Waals surface area (Å²) in [6, 6.07) is 2.17. The van der Waals surface area contributed by atoms with Gasteiger partial charge in [-0.2, -0.15) is 0 Å². The Morgan fingerprint density at radius 3 is 2.55 bits per heavy atom. The third-order valence-electron chi connectivity index (χ3n) is 3.46. The Hall–Kier alpha value is -2.31. The summed E-state index contributed by atoms with van der Waals surface area (Å²) in [6.07, 6.45) is 4.23. The number of carboxylic acids is 2. The van der Waals surface area contributed by atoms with Crippen LogP contribution < -0.4 is 5.32 Å². The molecule has 1 saturated carbocycles. The third-order valence-corrected chi connectivity index (χ3v) is 3.46. The molecule has 1 aliphatic carbocycles. The van der Waals surface area contributed by atoms with Gasteiger partial charge in [0.15, 0.2) is 0 Å². The number of rotatable bonds is 6. The lowest BCUT2D eigenvalue weighted by Gasteiger charge is -2.29. The molecule has 3 N–H and O–H groups in total. The van der Waals surface area contributed by atoms with E-state index in [0.29, 0.717) is 5.69 Å². The number of hydrogen-bond donors (Lipinski definition) is 3. The number of hydrogen-bond acceptors (Lipinski definition) is 3. The molecule has 1 amide bonds. The molecule has 108 valence electrons. The zero-order valence-corrected chi connectivity index (χ0v) is 10.8. The first-order valence-corrected chi connectivity index (χ1v) is 6.41. The summed E-state index contributed by atoms with van der Waals surface area (Å²) in [5.74, 6) is -3.19. The highest BCUT2D eigenvalue weighted by atomic mass is 16.4. The molecule has 1 atom stereocenters. The molecule has 2 rings (SSSR count). The molecule has 1 aromatic rings. The normalized spacial score (nSPS) is 16.2. The molecule has 0 aliphatic heterocycles. The molecule has 0 saturated heterocycles. The van der Waals surface area contributed by atoms with Crippen LogP contribution in [-0.4, -0.2) is 38.7 Å². The zero-order valence-electron chi connectivity index (χ0n) is 10.8. The van der Waals surface area contributed by atoms with Crippen LogP contribution in [-0.2, 0) is 9.59 Å². The quantitative estimate of drug-likeness (QED) is 0.716. The van der Waals surface area contributed by atoms with Gasteiger partial charge in [0, 0.05) is 12.2 Å². The van der Waals surface area contributed by atoms with Crippen molar-refractivity contribution in [2.24, 2.45) is 0 Å². The van der Waals surface area contributed by atoms with E-state index in [-0.39, 0.29) is 6.04 Å². The maximum atomic E-state index is 12.1. The van der Waals surface area contributed by atoms with Gasteiger partial charge in [-0.1, -0.05) is 0 Å². The smallest absolute Gasteiger partial charge is 0.326 e. The summed E-state index contributed by atoms with van der Waals surface area (Å²) >= 11 is 0. The van der Waals surface area contributed by atoms with Crippen molar-refractivity contribution in [3.63, 3.8) is 0 Å². The summed E-state index contributed by atoms with van der Waals surface area (Å²) in [5, 5.41) is 19.8. The lowest BCUT2D eigenvalue weighted by Crippen LogP contribution is -2.43. The van der Waals surface area contributed by atoms with Crippen molar-refractivity contribution in [1.29, 1.82) is 0 Å². The minimum absolute atomic E-state index is 0.272. The summed E-state index contributed by atoms with van der Waals surface area (Å²) in [7, 11) is 0. The molecule has 7 nitrogen and oxygen atoms in total. The second-order valence-electron chi connectivity index (χ2n) is 4.85. The van der Waals surface area contributed by atoms with E-state index in [2.05, 4.69) is 5.32 Å². The summed E-state index contributed by atoms with van der Waals surface area (Å²) in [5.41, 5.74) is 0.367. The molecular weight excluding hydrogens is 264 g/mol. The van der Waals surface area contributed by atoms with E-state index >= 15 is 0 Å². The first kappa shape index (κ1) is 14.1. The molecule has 0 spiro atoms. The topological polar surface area (TPSA) is 109 Å². The Kier molecular flexibility index (Phi) is 4.07. The Balaban J connectivity index is 2.08. The Morgan fingerprint density at radius 1 is 1.35 bits per heavy atom. The average Bonchev–Trinajstić information content (AvgIpc) is 2.73. The molecule has 0 radical (unpaired) electrons. The van der Waals surface area contributed by atoms with Crippen LogP contribution >= 0.6 is 0 Å².